The summed E-state index contributed by atoms with van der Waals surface area (Å²) in [4.78, 5) is 31.4. The summed E-state index contributed by atoms with van der Waals surface area (Å²) in [6.07, 6.45) is 4.56. The van der Waals surface area contributed by atoms with Gasteiger partial charge in [0.05, 0.1) is 29.8 Å². The van der Waals surface area contributed by atoms with Crippen LogP contribution in [0.5, 0.6) is 11.5 Å². The van der Waals surface area contributed by atoms with Gasteiger partial charge in [-0.1, -0.05) is 18.2 Å². The summed E-state index contributed by atoms with van der Waals surface area (Å²) >= 11 is 11.8. The number of pyridine rings is 1. The molecule has 2 amide bonds. The molecule has 1 aromatic carbocycles. The van der Waals surface area contributed by atoms with Gasteiger partial charge in [-0.05, 0) is 37.4 Å². The van der Waals surface area contributed by atoms with Gasteiger partial charge in [0.25, 0.3) is 11.8 Å². The highest BCUT2D eigenvalue weighted by Gasteiger charge is 2.32. The average molecular weight is 473 g/mol. The molecule has 2 heterocycles. The average Bonchev–Trinajstić information content (AvgIpc) is 3.02. The quantitative estimate of drug-likeness (QED) is 0.375. The number of nitrogens with zero attached hydrogens (tertiary/aromatic N) is 3. The van der Waals surface area contributed by atoms with Crippen molar-refractivity contribution in [1.29, 1.82) is 0 Å². The van der Waals surface area contributed by atoms with E-state index in [0.29, 0.717) is 39.0 Å². The molecule has 0 atom stereocenters. The van der Waals surface area contributed by atoms with E-state index in [4.69, 9.17) is 39.0 Å². The summed E-state index contributed by atoms with van der Waals surface area (Å²) < 4.78 is 11.2. The van der Waals surface area contributed by atoms with Crippen molar-refractivity contribution in [2.24, 2.45) is 5.73 Å². The number of halogens is 1. The van der Waals surface area contributed by atoms with Crippen LogP contribution in [-0.2, 0) is 4.79 Å². The molecule has 2 N–H and O–H groups in total. The van der Waals surface area contributed by atoms with E-state index in [0.717, 1.165) is 0 Å². The third-order valence-electron chi connectivity index (χ3n) is 4.81. The van der Waals surface area contributed by atoms with Crippen LogP contribution in [0, 0.1) is 0 Å². The topological polar surface area (TPSA) is 98.0 Å². The van der Waals surface area contributed by atoms with Crippen LogP contribution < -0.4 is 15.2 Å². The van der Waals surface area contributed by atoms with Gasteiger partial charge in [-0.15, -0.1) is 0 Å². The van der Waals surface area contributed by atoms with Crippen LogP contribution in [0.2, 0.25) is 0 Å². The molecule has 0 unspecified atom stereocenters. The number of ether oxygens (including phenoxy) is 2. The first-order valence-corrected chi connectivity index (χ1v) is 10.2. The van der Waals surface area contributed by atoms with Crippen LogP contribution >= 0.6 is 23.8 Å². The molecule has 0 aliphatic carbocycles. The molecule has 1 aromatic heterocycles. The highest BCUT2D eigenvalue weighted by molar-refractivity contribution is 7.80. The minimum atomic E-state index is -0.643. The zero-order chi connectivity index (χ0) is 23.6. The predicted molar refractivity (Wildman–Crippen MR) is 126 cm³/mol. The third kappa shape index (κ3) is 4.44. The molecule has 0 spiro atoms. The number of likely N-dealkylation sites (N-methyl/N-ethyl adjacent to an activating group) is 1. The first-order valence-electron chi connectivity index (χ1n) is 9.40. The Bertz CT molecular complexity index is 1210. The molecule has 10 heteroatoms. The summed E-state index contributed by atoms with van der Waals surface area (Å²) in [5.74, 6) is 0.212. The van der Waals surface area contributed by atoms with Crippen LogP contribution in [0.25, 0.3) is 10.9 Å². The maximum absolute atomic E-state index is 12.2. The largest absolute Gasteiger partial charge is 0.496 e. The fraction of sp³-hybridized carbons (Fsp3) is 0.182. The van der Waals surface area contributed by atoms with Gasteiger partial charge in [-0.3, -0.25) is 19.5 Å². The third-order valence-corrected chi connectivity index (χ3v) is 5.68. The van der Waals surface area contributed by atoms with E-state index in [-0.39, 0.29) is 23.0 Å². The second-order valence-corrected chi connectivity index (χ2v) is 7.67. The zero-order valence-corrected chi connectivity index (χ0v) is 19.3. The van der Waals surface area contributed by atoms with Crippen LogP contribution in [-0.4, -0.2) is 52.4 Å². The number of nitrogens with two attached hydrogens (primary N) is 1. The molecular weight excluding hydrogens is 452 g/mol. The summed E-state index contributed by atoms with van der Waals surface area (Å²) in [6.45, 7) is 5.64. The highest BCUT2D eigenvalue weighted by atomic mass is 35.5. The molecule has 0 saturated carbocycles. The number of hydrogen-bond acceptors (Lipinski definition) is 6. The first kappa shape index (κ1) is 23.2. The van der Waals surface area contributed by atoms with Crippen LogP contribution in [0.4, 0.5) is 0 Å². The van der Waals surface area contributed by atoms with Crippen molar-refractivity contribution in [3.05, 3.63) is 65.2 Å². The second-order valence-electron chi connectivity index (χ2n) is 6.90. The minimum Gasteiger partial charge on any atom is -0.496 e. The van der Waals surface area contributed by atoms with Crippen molar-refractivity contribution in [2.75, 3.05) is 20.7 Å². The number of benzene rings is 1. The van der Waals surface area contributed by atoms with Gasteiger partial charge < -0.3 is 20.1 Å². The molecule has 1 saturated heterocycles. The van der Waals surface area contributed by atoms with Gasteiger partial charge in [-0.2, -0.15) is 0 Å². The number of hydrogen-bond donors (Lipinski definition) is 1. The zero-order valence-electron chi connectivity index (χ0n) is 17.7. The Labute approximate surface area is 195 Å². The Balaban J connectivity index is 2.01. The van der Waals surface area contributed by atoms with Crippen LogP contribution in [0.3, 0.4) is 0 Å². The number of carbonyl (C=O) groups is 2. The van der Waals surface area contributed by atoms with Gasteiger partial charge in [-0.25, -0.2) is 0 Å². The molecule has 166 valence electrons. The number of fused-ring (bicyclic) bond motifs is 1. The van der Waals surface area contributed by atoms with E-state index in [9.17, 15) is 9.59 Å². The van der Waals surface area contributed by atoms with Crippen molar-refractivity contribution in [1.82, 2.24) is 14.8 Å². The number of aromatic nitrogens is 1. The Morgan fingerprint density at radius 3 is 2.66 bits per heavy atom. The van der Waals surface area contributed by atoms with E-state index in [1.54, 1.807) is 43.3 Å². The Morgan fingerprint density at radius 1 is 1.38 bits per heavy atom. The normalized spacial score (nSPS) is 15.2. The number of carbonyl (C=O) groups excluding carboxylic acids is 2. The number of allylic oxidation sites excluding steroid dienone is 4. The standard InChI is InChI=1S/C22H21ClN4O4S/c1-5-13(8-16(23)12(2)27-20(28)11-26(3)22(27)32)31-18-6-7-25-17-10-19(30-4)15(21(24)29)9-14(17)18/h5-10H,1,11H2,2-4H3,(H2,24,29)/b13-8+,16-12-. The molecule has 1 fully saturated rings. The number of rotatable bonds is 7. The highest BCUT2D eigenvalue weighted by Crippen LogP contribution is 2.32. The first-order chi connectivity index (χ1) is 15.2. The lowest BCUT2D eigenvalue weighted by Gasteiger charge is -2.18. The monoisotopic (exact) mass is 472 g/mol. The molecule has 0 radical (unpaired) electrons. The van der Waals surface area contributed by atoms with E-state index < -0.39 is 5.91 Å². The smallest absolute Gasteiger partial charge is 0.252 e. The molecule has 2 aromatic rings. The van der Waals surface area contributed by atoms with Crippen LogP contribution in [0.1, 0.15) is 17.3 Å². The lowest BCUT2D eigenvalue weighted by Crippen LogP contribution is -2.30. The molecule has 0 bridgehead atoms. The fourth-order valence-corrected chi connectivity index (χ4v) is 3.64. The molecular formula is C22H21ClN4O4S. The maximum atomic E-state index is 12.2. The Kier molecular flexibility index (Phi) is 6.81. The Hall–Kier alpha value is -3.43. The van der Waals surface area contributed by atoms with Gasteiger partial charge in [0.2, 0.25) is 0 Å². The van der Waals surface area contributed by atoms with Crippen molar-refractivity contribution in [3.8, 4) is 11.5 Å². The number of primary amides is 1. The molecule has 8 nitrogen and oxygen atoms in total. The van der Waals surface area contributed by atoms with Crippen molar-refractivity contribution in [2.45, 2.75) is 6.92 Å². The summed E-state index contributed by atoms with van der Waals surface area (Å²) in [5.41, 5.74) is 6.68. The minimum absolute atomic E-state index is 0.171. The van der Waals surface area contributed by atoms with Crippen LogP contribution in [0.15, 0.2) is 59.6 Å². The van der Waals surface area contributed by atoms with Gasteiger partial charge in [0.1, 0.15) is 17.3 Å². The van der Waals surface area contributed by atoms with Crippen molar-refractivity contribution < 1.29 is 19.1 Å². The number of amides is 2. The lowest BCUT2D eigenvalue weighted by molar-refractivity contribution is -0.123. The summed E-state index contributed by atoms with van der Waals surface area (Å²) in [7, 11) is 3.18. The van der Waals surface area contributed by atoms with Crippen molar-refractivity contribution in [3.63, 3.8) is 0 Å². The number of methoxy groups -OCH3 is 1. The van der Waals surface area contributed by atoms with E-state index in [2.05, 4.69) is 11.6 Å². The summed E-state index contributed by atoms with van der Waals surface area (Å²) in [5, 5.41) is 1.17. The second kappa shape index (κ2) is 9.37. The van der Waals surface area contributed by atoms with Gasteiger partial charge in [0.15, 0.2) is 5.11 Å². The lowest BCUT2D eigenvalue weighted by atomic mass is 10.1. The maximum Gasteiger partial charge on any atom is 0.252 e. The molecule has 3 rings (SSSR count). The van der Waals surface area contributed by atoms with E-state index >= 15 is 0 Å². The SMILES string of the molecule is C=C/C(=C\C(Cl)=C(/C)N1C(=O)CN(C)C1=S)Oc1ccnc2cc(OC)c(C(N)=O)cc12. The fourth-order valence-electron chi connectivity index (χ4n) is 3.14. The number of thiocarbonyl (C=S) groups is 1. The summed E-state index contributed by atoms with van der Waals surface area (Å²) in [6, 6.07) is 4.79. The Morgan fingerprint density at radius 2 is 2.09 bits per heavy atom. The molecule has 1 aliphatic heterocycles. The predicted octanol–water partition coefficient (Wildman–Crippen LogP) is 3.32. The van der Waals surface area contributed by atoms with Crippen molar-refractivity contribution >= 4 is 51.6 Å². The van der Waals surface area contributed by atoms with E-state index in [1.807, 2.05) is 0 Å². The molecule has 1 aliphatic rings. The molecule has 32 heavy (non-hydrogen) atoms. The van der Waals surface area contributed by atoms with Gasteiger partial charge >= 0.3 is 0 Å². The van der Waals surface area contributed by atoms with E-state index in [1.165, 1.54) is 24.2 Å². The van der Waals surface area contributed by atoms with Gasteiger partial charge in [0, 0.05) is 36.5 Å².